The molecular formula is C13H22N4O3S. The lowest BCUT2D eigenvalue weighted by atomic mass is 10.2. The second-order valence-electron chi connectivity index (χ2n) is 5.39. The van der Waals surface area contributed by atoms with Gasteiger partial charge >= 0.3 is 10.3 Å². The topological polar surface area (TPSA) is 77.0 Å². The Bertz CT molecular complexity index is 544. The van der Waals surface area contributed by atoms with Crippen molar-refractivity contribution >= 4 is 16.1 Å². The van der Waals surface area contributed by atoms with Gasteiger partial charge in [-0.05, 0) is 26.1 Å². The van der Waals surface area contributed by atoms with Crippen molar-refractivity contribution in [3.05, 3.63) is 24.4 Å². The van der Waals surface area contributed by atoms with Gasteiger partial charge in [-0.1, -0.05) is 6.07 Å². The van der Waals surface area contributed by atoms with Gasteiger partial charge in [0.1, 0.15) is 5.82 Å². The highest BCUT2D eigenvalue weighted by atomic mass is 32.2. The zero-order valence-corrected chi connectivity index (χ0v) is 13.2. The molecule has 1 N–H and O–H groups in total. The Morgan fingerprint density at radius 1 is 1.33 bits per heavy atom. The van der Waals surface area contributed by atoms with Gasteiger partial charge in [0.15, 0.2) is 0 Å². The van der Waals surface area contributed by atoms with Crippen molar-refractivity contribution in [1.82, 2.24) is 14.8 Å². The fraction of sp³-hybridized carbons (Fsp3) is 0.615. The molecule has 1 aliphatic heterocycles. The minimum atomic E-state index is -4.33. The summed E-state index contributed by atoms with van der Waals surface area (Å²) in [5.74, 6) is 0.237. The monoisotopic (exact) mass is 314 g/mol. The molecule has 1 fully saturated rings. The number of hydrogen-bond donors (Lipinski definition) is 1. The molecule has 1 aliphatic rings. The Hall–Kier alpha value is -1.22. The van der Waals surface area contributed by atoms with Gasteiger partial charge in [0.2, 0.25) is 0 Å². The molecule has 0 saturated carbocycles. The summed E-state index contributed by atoms with van der Waals surface area (Å²) in [6.45, 7) is 5.84. The van der Waals surface area contributed by atoms with E-state index in [4.69, 9.17) is 0 Å². The lowest BCUT2D eigenvalue weighted by Crippen LogP contribution is -2.52. The predicted molar refractivity (Wildman–Crippen MR) is 81.7 cm³/mol. The van der Waals surface area contributed by atoms with E-state index in [0.29, 0.717) is 0 Å². The number of pyridine rings is 1. The van der Waals surface area contributed by atoms with E-state index in [1.165, 1.54) is 6.20 Å². The third kappa shape index (κ3) is 4.37. The molecule has 1 aromatic rings. The van der Waals surface area contributed by atoms with Crippen LogP contribution in [0.3, 0.4) is 0 Å². The Morgan fingerprint density at radius 3 is 2.52 bits per heavy atom. The van der Waals surface area contributed by atoms with E-state index < -0.39 is 10.3 Å². The van der Waals surface area contributed by atoms with Crippen molar-refractivity contribution in [2.75, 3.05) is 44.1 Å². The number of rotatable bonds is 5. The van der Waals surface area contributed by atoms with Crippen LogP contribution in [0.1, 0.15) is 6.92 Å². The van der Waals surface area contributed by atoms with E-state index in [9.17, 15) is 13.0 Å². The first-order valence-electron chi connectivity index (χ1n) is 6.96. The van der Waals surface area contributed by atoms with Crippen molar-refractivity contribution in [3.8, 4) is 0 Å². The number of anilines is 1. The number of nitrogens with zero attached hydrogens (tertiary/aromatic N) is 4. The molecule has 2 heterocycles. The summed E-state index contributed by atoms with van der Waals surface area (Å²) in [6.07, 6.45) is 1.51. The summed E-state index contributed by atoms with van der Waals surface area (Å²) < 4.78 is 33.6. The van der Waals surface area contributed by atoms with Crippen LogP contribution >= 0.6 is 0 Å². The average Bonchev–Trinajstić information content (AvgIpc) is 2.45. The van der Waals surface area contributed by atoms with E-state index in [1.54, 1.807) is 18.2 Å². The average molecular weight is 314 g/mol. The van der Waals surface area contributed by atoms with Crippen LogP contribution in [0.15, 0.2) is 24.4 Å². The molecule has 0 radical (unpaired) electrons. The lowest BCUT2D eigenvalue weighted by molar-refractivity contribution is 0.122. The van der Waals surface area contributed by atoms with Gasteiger partial charge < -0.3 is 4.90 Å². The zero-order valence-electron chi connectivity index (χ0n) is 12.4. The van der Waals surface area contributed by atoms with Crippen LogP contribution in [-0.4, -0.2) is 73.6 Å². The Labute approximate surface area is 126 Å². The van der Waals surface area contributed by atoms with Gasteiger partial charge in [0.05, 0.1) is 6.54 Å². The van der Waals surface area contributed by atoms with Crippen molar-refractivity contribution in [3.63, 3.8) is 0 Å². The molecule has 0 spiro atoms. The summed E-state index contributed by atoms with van der Waals surface area (Å²) in [6, 6.07) is 4.98. The smallest absolute Gasteiger partial charge is 0.304 e. The van der Waals surface area contributed by atoms with Crippen LogP contribution in [0.5, 0.6) is 0 Å². The summed E-state index contributed by atoms with van der Waals surface area (Å²) in [4.78, 5) is 8.48. The lowest BCUT2D eigenvalue weighted by Gasteiger charge is -2.37. The molecule has 0 bridgehead atoms. The Balaban J connectivity index is 2.09. The normalized spacial score (nSPS) is 19.4. The third-order valence-corrected chi connectivity index (χ3v) is 4.67. The largest absolute Gasteiger partial charge is 0.361 e. The Morgan fingerprint density at radius 2 is 2.00 bits per heavy atom. The van der Waals surface area contributed by atoms with Crippen molar-refractivity contribution in [2.45, 2.75) is 13.0 Å². The van der Waals surface area contributed by atoms with Gasteiger partial charge in [0.25, 0.3) is 0 Å². The van der Waals surface area contributed by atoms with Gasteiger partial charge in [-0.2, -0.15) is 8.42 Å². The number of hydrogen-bond acceptors (Lipinski definition) is 5. The summed E-state index contributed by atoms with van der Waals surface area (Å²) in [5, 5.41) is 0. The molecule has 118 valence electrons. The number of aromatic nitrogens is 1. The summed E-state index contributed by atoms with van der Waals surface area (Å²) >= 11 is 0. The molecule has 0 amide bonds. The van der Waals surface area contributed by atoms with Crippen molar-refractivity contribution in [2.24, 2.45) is 0 Å². The first kappa shape index (κ1) is 16.2. The molecule has 8 heteroatoms. The molecule has 1 saturated heterocycles. The minimum Gasteiger partial charge on any atom is -0.304 e. The van der Waals surface area contributed by atoms with E-state index in [-0.39, 0.29) is 18.4 Å². The van der Waals surface area contributed by atoms with Crippen molar-refractivity contribution < 1.29 is 13.0 Å². The quantitative estimate of drug-likeness (QED) is 0.789. The minimum absolute atomic E-state index is 0.00244. The van der Waals surface area contributed by atoms with Gasteiger partial charge in [-0.3, -0.25) is 9.45 Å². The highest BCUT2D eigenvalue weighted by molar-refractivity contribution is 7.87. The summed E-state index contributed by atoms with van der Waals surface area (Å²) in [7, 11) is -2.26. The standard InChI is InChI=1S/C13H22N4O3S/c1-12(16-9-7-15(2)8-10-16)11-17(21(18,19)20)13-5-3-4-6-14-13/h3-6,12H,7-11H2,1-2H3,(H,18,19,20). The first-order valence-corrected chi connectivity index (χ1v) is 8.36. The van der Waals surface area contributed by atoms with E-state index in [2.05, 4.69) is 21.8 Å². The second kappa shape index (κ2) is 6.69. The molecule has 21 heavy (non-hydrogen) atoms. The van der Waals surface area contributed by atoms with Crippen LogP contribution in [-0.2, 0) is 10.3 Å². The number of piperazine rings is 1. The highest BCUT2D eigenvalue weighted by Gasteiger charge is 2.27. The second-order valence-corrected chi connectivity index (χ2v) is 6.72. The van der Waals surface area contributed by atoms with Gasteiger partial charge in [-0.25, -0.2) is 9.29 Å². The molecule has 1 unspecified atom stereocenters. The third-order valence-electron chi connectivity index (χ3n) is 3.77. The van der Waals surface area contributed by atoms with Crippen LogP contribution in [0.2, 0.25) is 0 Å². The van der Waals surface area contributed by atoms with Crippen LogP contribution in [0.4, 0.5) is 5.82 Å². The Kier molecular flexibility index (Phi) is 5.15. The maximum atomic E-state index is 11.6. The molecule has 1 aromatic heterocycles. The van der Waals surface area contributed by atoms with E-state index >= 15 is 0 Å². The molecule has 0 aromatic carbocycles. The van der Waals surface area contributed by atoms with E-state index in [0.717, 1.165) is 30.5 Å². The van der Waals surface area contributed by atoms with Gasteiger partial charge in [0, 0.05) is 38.4 Å². The SMILES string of the molecule is CC(CN(c1ccccn1)S(=O)(=O)O)N1CCN(C)CC1. The molecule has 2 rings (SSSR count). The van der Waals surface area contributed by atoms with E-state index in [1.807, 2.05) is 6.92 Å². The molecular weight excluding hydrogens is 292 g/mol. The maximum Gasteiger partial charge on any atom is 0.361 e. The molecule has 0 aliphatic carbocycles. The summed E-state index contributed by atoms with van der Waals surface area (Å²) in [5.41, 5.74) is 0. The first-order chi connectivity index (χ1) is 9.88. The fourth-order valence-corrected chi connectivity index (χ4v) is 3.17. The highest BCUT2D eigenvalue weighted by Crippen LogP contribution is 2.16. The van der Waals surface area contributed by atoms with Crippen LogP contribution in [0.25, 0.3) is 0 Å². The number of likely N-dealkylation sites (N-methyl/N-ethyl adjacent to an activating group) is 1. The fourth-order valence-electron chi connectivity index (χ4n) is 2.43. The predicted octanol–water partition coefficient (Wildman–Crippen LogP) is 0.327. The van der Waals surface area contributed by atoms with Crippen LogP contribution in [0, 0.1) is 0 Å². The molecule has 1 atom stereocenters. The van der Waals surface area contributed by atoms with Gasteiger partial charge in [-0.15, -0.1) is 0 Å². The van der Waals surface area contributed by atoms with Crippen LogP contribution < -0.4 is 4.31 Å². The zero-order chi connectivity index (χ0) is 15.5. The molecule has 7 nitrogen and oxygen atoms in total. The van der Waals surface area contributed by atoms with Crippen molar-refractivity contribution in [1.29, 1.82) is 0 Å². The maximum absolute atomic E-state index is 11.6.